The summed E-state index contributed by atoms with van der Waals surface area (Å²) < 4.78 is 14.3. The van der Waals surface area contributed by atoms with Crippen molar-refractivity contribution in [3.05, 3.63) is 94.9 Å². The molecule has 5 nitrogen and oxygen atoms in total. The SMILES string of the molecule is CCN(CC)CCCOc1ccc(-n2c(CC(C)C)nc(-c3ccc(OCCc4cccc(Cl)c4)cc3)c2C)cc1. The van der Waals surface area contributed by atoms with Crippen LogP contribution < -0.4 is 9.47 Å². The number of imidazole rings is 1. The molecule has 4 rings (SSSR count). The van der Waals surface area contributed by atoms with Crippen LogP contribution in [0.4, 0.5) is 0 Å². The van der Waals surface area contributed by atoms with Gasteiger partial charge in [0.15, 0.2) is 0 Å². The van der Waals surface area contributed by atoms with E-state index in [4.69, 9.17) is 26.1 Å². The Morgan fingerprint density at radius 3 is 2.17 bits per heavy atom. The summed E-state index contributed by atoms with van der Waals surface area (Å²) in [5.41, 5.74) is 5.49. The first kappa shape index (κ1) is 30.7. The Balaban J connectivity index is 1.44. The summed E-state index contributed by atoms with van der Waals surface area (Å²) in [5, 5.41) is 0.754. The lowest BCUT2D eigenvalue weighted by molar-refractivity contribution is 0.249. The Hall–Kier alpha value is -3.28. The third kappa shape index (κ3) is 8.61. The van der Waals surface area contributed by atoms with Crippen LogP contribution in [0.15, 0.2) is 72.8 Å². The molecule has 1 aromatic heterocycles. The molecule has 218 valence electrons. The number of rotatable bonds is 15. The van der Waals surface area contributed by atoms with E-state index in [0.29, 0.717) is 12.5 Å². The molecule has 6 heteroatoms. The highest BCUT2D eigenvalue weighted by molar-refractivity contribution is 6.30. The van der Waals surface area contributed by atoms with E-state index in [9.17, 15) is 0 Å². The third-order valence-corrected chi connectivity index (χ3v) is 7.56. The topological polar surface area (TPSA) is 39.5 Å². The molecule has 0 aliphatic heterocycles. The Kier molecular flexibility index (Phi) is 11.3. The molecular weight excluding hydrogens is 530 g/mol. The Labute approximate surface area is 251 Å². The molecule has 0 atom stereocenters. The molecule has 0 aliphatic carbocycles. The molecular formula is C35H44ClN3O2. The second kappa shape index (κ2) is 15.1. The molecule has 0 amide bonds. The summed E-state index contributed by atoms with van der Waals surface area (Å²) in [4.78, 5) is 7.55. The van der Waals surface area contributed by atoms with Gasteiger partial charge in [-0.25, -0.2) is 4.98 Å². The van der Waals surface area contributed by atoms with Crippen molar-refractivity contribution in [2.24, 2.45) is 5.92 Å². The zero-order valence-electron chi connectivity index (χ0n) is 25.2. The van der Waals surface area contributed by atoms with E-state index < -0.39 is 0 Å². The average Bonchev–Trinajstić information content (AvgIpc) is 3.28. The van der Waals surface area contributed by atoms with E-state index in [2.05, 4.69) is 86.6 Å². The fourth-order valence-corrected chi connectivity index (χ4v) is 5.29. The van der Waals surface area contributed by atoms with Crippen LogP contribution in [0, 0.1) is 12.8 Å². The van der Waals surface area contributed by atoms with Gasteiger partial charge in [-0.2, -0.15) is 0 Å². The van der Waals surface area contributed by atoms with Gasteiger partial charge in [0.25, 0.3) is 0 Å². The second-order valence-corrected chi connectivity index (χ2v) is 11.3. The standard InChI is InChI=1S/C35H44ClN3O2/c1-6-38(7-2)21-9-22-40-33-18-14-31(15-19-33)39-27(5)35(37-34(39)24-26(3)4)29-12-16-32(17-13-29)41-23-20-28-10-8-11-30(36)25-28/h8,10-19,25-26H,6-7,9,20-24H2,1-5H3. The highest BCUT2D eigenvalue weighted by Crippen LogP contribution is 2.30. The van der Waals surface area contributed by atoms with Crippen LogP contribution in [0.2, 0.25) is 5.02 Å². The largest absolute Gasteiger partial charge is 0.494 e. The maximum absolute atomic E-state index is 6.10. The van der Waals surface area contributed by atoms with Crippen LogP contribution in [-0.4, -0.2) is 47.3 Å². The summed E-state index contributed by atoms with van der Waals surface area (Å²) in [5.74, 6) is 3.32. The fourth-order valence-electron chi connectivity index (χ4n) is 5.08. The van der Waals surface area contributed by atoms with Gasteiger partial charge in [0.2, 0.25) is 0 Å². The Morgan fingerprint density at radius 2 is 1.54 bits per heavy atom. The summed E-state index contributed by atoms with van der Waals surface area (Å²) in [6.07, 6.45) is 2.73. The van der Waals surface area contributed by atoms with Gasteiger partial charge in [-0.3, -0.25) is 0 Å². The van der Waals surface area contributed by atoms with Crippen molar-refractivity contribution in [2.75, 3.05) is 32.8 Å². The highest BCUT2D eigenvalue weighted by Gasteiger charge is 2.18. The molecule has 0 fully saturated rings. The van der Waals surface area contributed by atoms with Crippen molar-refractivity contribution in [3.63, 3.8) is 0 Å². The van der Waals surface area contributed by atoms with Crippen LogP contribution in [0.1, 0.15) is 51.2 Å². The number of ether oxygens (including phenoxy) is 2. The quantitative estimate of drug-likeness (QED) is 0.134. The third-order valence-electron chi connectivity index (χ3n) is 7.32. The van der Waals surface area contributed by atoms with Gasteiger partial charge in [0.1, 0.15) is 17.3 Å². The minimum atomic E-state index is 0.493. The Bertz CT molecular complexity index is 1360. The first-order valence-corrected chi connectivity index (χ1v) is 15.3. The van der Waals surface area contributed by atoms with E-state index in [1.54, 1.807) is 0 Å². The predicted molar refractivity (Wildman–Crippen MR) is 171 cm³/mol. The lowest BCUT2D eigenvalue weighted by Gasteiger charge is -2.17. The smallest absolute Gasteiger partial charge is 0.119 e. The van der Waals surface area contributed by atoms with Crippen LogP contribution in [0.5, 0.6) is 11.5 Å². The molecule has 0 aliphatic rings. The van der Waals surface area contributed by atoms with Gasteiger partial charge in [-0.15, -0.1) is 0 Å². The first-order chi connectivity index (χ1) is 19.9. The number of aromatic nitrogens is 2. The van der Waals surface area contributed by atoms with Gasteiger partial charge < -0.3 is 18.9 Å². The van der Waals surface area contributed by atoms with Crippen molar-refractivity contribution in [1.82, 2.24) is 14.5 Å². The summed E-state index contributed by atoms with van der Waals surface area (Å²) in [7, 11) is 0. The number of hydrogen-bond acceptors (Lipinski definition) is 4. The number of hydrogen-bond donors (Lipinski definition) is 0. The van der Waals surface area contributed by atoms with E-state index >= 15 is 0 Å². The molecule has 0 spiro atoms. The van der Waals surface area contributed by atoms with E-state index in [1.807, 2.05) is 30.3 Å². The van der Waals surface area contributed by atoms with E-state index in [1.165, 1.54) is 5.56 Å². The first-order valence-electron chi connectivity index (χ1n) is 14.9. The molecule has 4 aromatic rings. The summed E-state index contributed by atoms with van der Waals surface area (Å²) >= 11 is 6.10. The maximum Gasteiger partial charge on any atom is 0.119 e. The molecule has 3 aromatic carbocycles. The maximum atomic E-state index is 6.10. The summed E-state index contributed by atoms with van der Waals surface area (Å²) in [6, 6.07) is 24.6. The minimum Gasteiger partial charge on any atom is -0.494 e. The normalized spacial score (nSPS) is 11.4. The zero-order valence-corrected chi connectivity index (χ0v) is 26.0. The molecule has 0 N–H and O–H groups in total. The van der Waals surface area contributed by atoms with Crippen molar-refractivity contribution in [1.29, 1.82) is 0 Å². The number of halogens is 1. The lowest BCUT2D eigenvalue weighted by atomic mass is 10.1. The van der Waals surface area contributed by atoms with Gasteiger partial charge >= 0.3 is 0 Å². The molecule has 0 radical (unpaired) electrons. The fraction of sp³-hybridized carbons (Fsp3) is 0.400. The van der Waals surface area contributed by atoms with Crippen LogP contribution in [0.25, 0.3) is 16.9 Å². The molecule has 0 saturated heterocycles. The molecule has 0 saturated carbocycles. The zero-order chi connectivity index (χ0) is 29.2. The van der Waals surface area contributed by atoms with Crippen LogP contribution in [0.3, 0.4) is 0 Å². The molecule has 0 bridgehead atoms. The molecule has 1 heterocycles. The number of benzene rings is 3. The van der Waals surface area contributed by atoms with Crippen LogP contribution >= 0.6 is 11.6 Å². The molecule has 0 unspecified atom stereocenters. The van der Waals surface area contributed by atoms with Crippen molar-refractivity contribution in [3.8, 4) is 28.4 Å². The second-order valence-electron chi connectivity index (χ2n) is 10.9. The summed E-state index contributed by atoms with van der Waals surface area (Å²) in [6.45, 7) is 15.6. The van der Waals surface area contributed by atoms with Crippen molar-refractivity contribution in [2.45, 2.75) is 53.9 Å². The van der Waals surface area contributed by atoms with Crippen molar-refractivity contribution >= 4 is 11.6 Å². The van der Waals surface area contributed by atoms with Gasteiger partial charge in [-0.05, 0) is 98.6 Å². The number of nitrogens with zero attached hydrogens (tertiary/aromatic N) is 3. The Morgan fingerprint density at radius 1 is 0.878 bits per heavy atom. The van der Waals surface area contributed by atoms with E-state index in [-0.39, 0.29) is 0 Å². The van der Waals surface area contributed by atoms with Crippen molar-refractivity contribution < 1.29 is 9.47 Å². The monoisotopic (exact) mass is 573 g/mol. The van der Waals surface area contributed by atoms with Gasteiger partial charge in [-0.1, -0.05) is 51.4 Å². The lowest BCUT2D eigenvalue weighted by Crippen LogP contribution is -2.25. The van der Waals surface area contributed by atoms with Crippen LogP contribution in [-0.2, 0) is 12.8 Å². The molecule has 41 heavy (non-hydrogen) atoms. The highest BCUT2D eigenvalue weighted by atomic mass is 35.5. The van der Waals surface area contributed by atoms with Gasteiger partial charge in [0, 0.05) is 41.4 Å². The minimum absolute atomic E-state index is 0.493. The average molecular weight is 574 g/mol. The van der Waals surface area contributed by atoms with E-state index in [0.717, 1.165) is 90.5 Å². The van der Waals surface area contributed by atoms with Gasteiger partial charge in [0.05, 0.1) is 18.9 Å². The predicted octanol–water partition coefficient (Wildman–Crippen LogP) is 8.43.